The molecule has 4 heteroatoms. The van der Waals surface area contributed by atoms with Crippen molar-refractivity contribution in [3.05, 3.63) is 58.7 Å². The molecule has 21 heavy (non-hydrogen) atoms. The van der Waals surface area contributed by atoms with Gasteiger partial charge in [0.15, 0.2) is 11.5 Å². The Hall–Kier alpha value is -2.04. The number of hydrogen-bond donors (Lipinski definition) is 1. The SMILES string of the molecule is COc1ccc(C(N)c2ccc3c(c2)COC3)cc1OC. The first-order valence-corrected chi connectivity index (χ1v) is 6.90. The highest BCUT2D eigenvalue weighted by Crippen LogP contribution is 2.32. The molecule has 0 amide bonds. The Morgan fingerprint density at radius 2 is 1.57 bits per heavy atom. The molecule has 2 N–H and O–H groups in total. The van der Waals surface area contributed by atoms with Gasteiger partial charge in [-0.1, -0.05) is 24.3 Å². The lowest BCUT2D eigenvalue weighted by molar-refractivity contribution is 0.134. The summed E-state index contributed by atoms with van der Waals surface area (Å²) in [6.07, 6.45) is 0. The summed E-state index contributed by atoms with van der Waals surface area (Å²) in [5, 5.41) is 0. The van der Waals surface area contributed by atoms with E-state index in [4.69, 9.17) is 19.9 Å². The zero-order chi connectivity index (χ0) is 14.8. The van der Waals surface area contributed by atoms with Crippen molar-refractivity contribution in [3.63, 3.8) is 0 Å². The standard InChI is InChI=1S/C17H19NO3/c1-19-15-6-5-12(8-16(15)20-2)17(18)11-3-4-13-9-21-10-14(13)7-11/h3-8,17H,9-10,18H2,1-2H3. The van der Waals surface area contributed by atoms with Gasteiger partial charge < -0.3 is 19.9 Å². The Labute approximate surface area is 124 Å². The predicted octanol–water partition coefficient (Wildman–Crippen LogP) is 2.78. The van der Waals surface area contributed by atoms with E-state index in [2.05, 4.69) is 18.2 Å². The highest BCUT2D eigenvalue weighted by molar-refractivity contribution is 5.46. The first kappa shape index (κ1) is 13.9. The summed E-state index contributed by atoms with van der Waals surface area (Å²) < 4.78 is 16.0. The second-order valence-corrected chi connectivity index (χ2v) is 5.11. The van der Waals surface area contributed by atoms with E-state index in [0.717, 1.165) is 11.1 Å². The van der Waals surface area contributed by atoms with Gasteiger partial charge in [0.1, 0.15) is 0 Å². The monoisotopic (exact) mass is 285 g/mol. The van der Waals surface area contributed by atoms with Gasteiger partial charge in [-0.05, 0) is 34.4 Å². The molecule has 3 rings (SSSR count). The minimum Gasteiger partial charge on any atom is -0.493 e. The molecule has 1 aliphatic rings. The quantitative estimate of drug-likeness (QED) is 0.938. The summed E-state index contributed by atoms with van der Waals surface area (Å²) in [5.41, 5.74) is 10.9. The Morgan fingerprint density at radius 3 is 2.33 bits per heavy atom. The Kier molecular flexibility index (Phi) is 3.82. The molecule has 110 valence electrons. The van der Waals surface area contributed by atoms with Gasteiger partial charge in [0, 0.05) is 0 Å². The maximum Gasteiger partial charge on any atom is 0.161 e. The van der Waals surface area contributed by atoms with E-state index in [-0.39, 0.29) is 6.04 Å². The molecule has 0 fully saturated rings. The third-order valence-corrected chi connectivity index (χ3v) is 3.87. The third kappa shape index (κ3) is 2.60. The molecular weight excluding hydrogens is 266 g/mol. The van der Waals surface area contributed by atoms with Crippen molar-refractivity contribution in [2.45, 2.75) is 19.3 Å². The summed E-state index contributed by atoms with van der Waals surface area (Å²) in [7, 11) is 3.25. The predicted molar refractivity (Wildman–Crippen MR) is 80.5 cm³/mol. The van der Waals surface area contributed by atoms with Crippen molar-refractivity contribution < 1.29 is 14.2 Å². The number of rotatable bonds is 4. The molecule has 0 saturated heterocycles. The lowest BCUT2D eigenvalue weighted by Gasteiger charge is -2.16. The molecule has 2 aromatic rings. The van der Waals surface area contributed by atoms with Gasteiger partial charge in [0.05, 0.1) is 33.5 Å². The summed E-state index contributed by atoms with van der Waals surface area (Å²) in [6.45, 7) is 1.36. The fourth-order valence-corrected chi connectivity index (χ4v) is 2.62. The van der Waals surface area contributed by atoms with Gasteiger partial charge in [-0.15, -0.1) is 0 Å². The van der Waals surface area contributed by atoms with E-state index in [0.29, 0.717) is 24.7 Å². The van der Waals surface area contributed by atoms with Gasteiger partial charge in [-0.25, -0.2) is 0 Å². The smallest absolute Gasteiger partial charge is 0.161 e. The minimum absolute atomic E-state index is 0.198. The van der Waals surface area contributed by atoms with Crippen LogP contribution in [0.3, 0.4) is 0 Å². The zero-order valence-electron chi connectivity index (χ0n) is 12.3. The van der Waals surface area contributed by atoms with Crippen molar-refractivity contribution in [3.8, 4) is 11.5 Å². The van der Waals surface area contributed by atoms with Crippen LogP contribution in [-0.2, 0) is 18.0 Å². The van der Waals surface area contributed by atoms with Gasteiger partial charge in [0.25, 0.3) is 0 Å². The van der Waals surface area contributed by atoms with Crippen molar-refractivity contribution in [2.75, 3.05) is 14.2 Å². The lowest BCUT2D eigenvalue weighted by atomic mass is 9.96. The number of ether oxygens (including phenoxy) is 3. The van der Waals surface area contributed by atoms with Crippen LogP contribution in [0.4, 0.5) is 0 Å². The Bertz CT molecular complexity index is 654. The molecule has 0 saturated carbocycles. The van der Waals surface area contributed by atoms with Crippen LogP contribution in [-0.4, -0.2) is 14.2 Å². The number of benzene rings is 2. The van der Waals surface area contributed by atoms with Crippen LogP contribution in [0.2, 0.25) is 0 Å². The molecule has 0 bridgehead atoms. The highest BCUT2D eigenvalue weighted by Gasteiger charge is 2.16. The second-order valence-electron chi connectivity index (χ2n) is 5.11. The Morgan fingerprint density at radius 1 is 0.905 bits per heavy atom. The molecule has 0 aromatic heterocycles. The molecule has 1 unspecified atom stereocenters. The number of nitrogens with two attached hydrogens (primary N) is 1. The van der Waals surface area contributed by atoms with Gasteiger partial charge in [-0.3, -0.25) is 0 Å². The van der Waals surface area contributed by atoms with E-state index in [1.807, 2.05) is 18.2 Å². The molecule has 0 spiro atoms. The van der Waals surface area contributed by atoms with E-state index in [1.165, 1.54) is 11.1 Å². The van der Waals surface area contributed by atoms with E-state index in [9.17, 15) is 0 Å². The molecule has 4 nitrogen and oxygen atoms in total. The highest BCUT2D eigenvalue weighted by atomic mass is 16.5. The van der Waals surface area contributed by atoms with Crippen molar-refractivity contribution in [1.82, 2.24) is 0 Å². The van der Waals surface area contributed by atoms with Crippen molar-refractivity contribution >= 4 is 0 Å². The molecule has 1 atom stereocenters. The molecule has 0 radical (unpaired) electrons. The topological polar surface area (TPSA) is 53.7 Å². The van der Waals surface area contributed by atoms with Gasteiger partial charge >= 0.3 is 0 Å². The van der Waals surface area contributed by atoms with Gasteiger partial charge in [0.2, 0.25) is 0 Å². The molecule has 0 aliphatic carbocycles. The minimum atomic E-state index is -0.198. The number of hydrogen-bond acceptors (Lipinski definition) is 4. The molecule has 2 aromatic carbocycles. The van der Waals surface area contributed by atoms with E-state index < -0.39 is 0 Å². The fourth-order valence-electron chi connectivity index (χ4n) is 2.62. The average Bonchev–Trinajstić information content (AvgIpc) is 3.00. The van der Waals surface area contributed by atoms with Crippen LogP contribution in [0.5, 0.6) is 11.5 Å². The third-order valence-electron chi connectivity index (χ3n) is 3.87. The second kappa shape index (κ2) is 5.76. The number of fused-ring (bicyclic) bond motifs is 1. The van der Waals surface area contributed by atoms with E-state index >= 15 is 0 Å². The average molecular weight is 285 g/mol. The van der Waals surface area contributed by atoms with Gasteiger partial charge in [-0.2, -0.15) is 0 Å². The maximum absolute atomic E-state index is 6.39. The zero-order valence-corrected chi connectivity index (χ0v) is 12.3. The van der Waals surface area contributed by atoms with Crippen LogP contribution < -0.4 is 15.2 Å². The largest absolute Gasteiger partial charge is 0.493 e. The van der Waals surface area contributed by atoms with Crippen LogP contribution in [0.1, 0.15) is 28.3 Å². The Balaban J connectivity index is 1.93. The first-order chi connectivity index (χ1) is 10.2. The van der Waals surface area contributed by atoms with Crippen molar-refractivity contribution in [2.24, 2.45) is 5.73 Å². The summed E-state index contributed by atoms with van der Waals surface area (Å²) in [5.74, 6) is 1.39. The van der Waals surface area contributed by atoms with Crippen LogP contribution in [0.15, 0.2) is 36.4 Å². The molecular formula is C17H19NO3. The first-order valence-electron chi connectivity index (χ1n) is 6.90. The molecule has 1 heterocycles. The lowest BCUT2D eigenvalue weighted by Crippen LogP contribution is -2.12. The summed E-state index contributed by atoms with van der Waals surface area (Å²) in [4.78, 5) is 0. The van der Waals surface area contributed by atoms with Crippen LogP contribution in [0, 0.1) is 0 Å². The fraction of sp³-hybridized carbons (Fsp3) is 0.294. The normalized spacial score (nSPS) is 14.6. The van der Waals surface area contributed by atoms with Crippen LogP contribution in [0.25, 0.3) is 0 Å². The van der Waals surface area contributed by atoms with Crippen LogP contribution >= 0.6 is 0 Å². The molecule has 1 aliphatic heterocycles. The van der Waals surface area contributed by atoms with Crippen molar-refractivity contribution in [1.29, 1.82) is 0 Å². The van der Waals surface area contributed by atoms with E-state index in [1.54, 1.807) is 14.2 Å². The maximum atomic E-state index is 6.39. The summed E-state index contributed by atoms with van der Waals surface area (Å²) in [6, 6.07) is 11.9. The summed E-state index contributed by atoms with van der Waals surface area (Å²) >= 11 is 0. The number of methoxy groups -OCH3 is 2.